The van der Waals surface area contributed by atoms with Gasteiger partial charge in [-0.05, 0) is 18.1 Å². The summed E-state index contributed by atoms with van der Waals surface area (Å²) in [5.74, 6) is -1.72. The lowest BCUT2D eigenvalue weighted by Gasteiger charge is -2.21. The van der Waals surface area contributed by atoms with E-state index in [1.807, 2.05) is 13.8 Å². The lowest BCUT2D eigenvalue weighted by Crippen LogP contribution is -2.39. The van der Waals surface area contributed by atoms with E-state index < -0.39 is 17.7 Å². The molecule has 110 valence electrons. The fourth-order valence-corrected chi connectivity index (χ4v) is 1.85. The summed E-state index contributed by atoms with van der Waals surface area (Å²) in [5, 5.41) is 11.2. The number of carboxylic acid groups (broad SMARTS) is 1. The molecule has 0 aliphatic heterocycles. The van der Waals surface area contributed by atoms with Crippen molar-refractivity contribution in [2.45, 2.75) is 13.8 Å². The smallest absolute Gasteiger partial charge is 0.317 e. The molecule has 0 saturated heterocycles. The van der Waals surface area contributed by atoms with Crippen molar-refractivity contribution in [1.82, 2.24) is 4.90 Å². The molecule has 0 fully saturated rings. The van der Waals surface area contributed by atoms with Crippen molar-refractivity contribution in [3.05, 3.63) is 30.1 Å². The summed E-state index contributed by atoms with van der Waals surface area (Å²) >= 11 is 0. The van der Waals surface area contributed by atoms with Crippen LogP contribution < -0.4 is 5.32 Å². The number of carbonyl (C=O) groups excluding carboxylic acids is 1. The van der Waals surface area contributed by atoms with E-state index in [9.17, 15) is 14.0 Å². The second-order valence-corrected chi connectivity index (χ2v) is 4.99. The van der Waals surface area contributed by atoms with Crippen molar-refractivity contribution >= 4 is 17.6 Å². The van der Waals surface area contributed by atoms with E-state index >= 15 is 0 Å². The van der Waals surface area contributed by atoms with Gasteiger partial charge in [-0.2, -0.15) is 0 Å². The van der Waals surface area contributed by atoms with Crippen LogP contribution in [0.2, 0.25) is 0 Å². The molecule has 0 aromatic heterocycles. The van der Waals surface area contributed by atoms with Crippen molar-refractivity contribution in [3.63, 3.8) is 0 Å². The zero-order valence-corrected chi connectivity index (χ0v) is 11.6. The molecule has 0 bridgehead atoms. The Bertz CT molecular complexity index is 477. The monoisotopic (exact) mass is 282 g/mol. The lowest BCUT2D eigenvalue weighted by molar-refractivity contribution is -0.138. The molecule has 0 aliphatic carbocycles. The topological polar surface area (TPSA) is 69.6 Å². The minimum Gasteiger partial charge on any atom is -0.480 e. The standard InChI is InChI=1S/C14H19FN2O3/c1-10(2)7-17(9-14(19)20)8-13(18)16-12-6-4-3-5-11(12)15/h3-6,10H,7-9H2,1-2H3,(H,16,18)(H,19,20). The van der Waals surface area contributed by atoms with Crippen LogP contribution in [0.4, 0.5) is 10.1 Å². The Morgan fingerprint density at radius 2 is 1.95 bits per heavy atom. The van der Waals surface area contributed by atoms with Crippen LogP contribution in [0.1, 0.15) is 13.8 Å². The van der Waals surface area contributed by atoms with Crippen LogP contribution >= 0.6 is 0 Å². The first-order chi connectivity index (χ1) is 9.38. The first-order valence-corrected chi connectivity index (χ1v) is 6.37. The molecule has 0 radical (unpaired) electrons. The van der Waals surface area contributed by atoms with Crippen LogP contribution in [0.15, 0.2) is 24.3 Å². The molecule has 1 rings (SSSR count). The average Bonchev–Trinajstić information content (AvgIpc) is 2.30. The molecule has 0 heterocycles. The van der Waals surface area contributed by atoms with Gasteiger partial charge in [0.2, 0.25) is 5.91 Å². The third-order valence-corrected chi connectivity index (χ3v) is 2.50. The molecule has 0 spiro atoms. The Labute approximate surface area is 117 Å². The van der Waals surface area contributed by atoms with Gasteiger partial charge in [-0.15, -0.1) is 0 Å². The number of anilines is 1. The second-order valence-electron chi connectivity index (χ2n) is 4.99. The minimum absolute atomic E-state index is 0.0845. The van der Waals surface area contributed by atoms with E-state index in [0.29, 0.717) is 6.54 Å². The number of amides is 1. The maximum Gasteiger partial charge on any atom is 0.317 e. The van der Waals surface area contributed by atoms with Gasteiger partial charge in [-0.25, -0.2) is 4.39 Å². The number of hydrogen-bond donors (Lipinski definition) is 2. The van der Waals surface area contributed by atoms with Crippen molar-refractivity contribution in [2.75, 3.05) is 25.0 Å². The Kier molecular flexibility index (Phi) is 6.11. The number of nitrogens with one attached hydrogen (secondary N) is 1. The number of carboxylic acids is 1. The Morgan fingerprint density at radius 3 is 2.50 bits per heavy atom. The van der Waals surface area contributed by atoms with Gasteiger partial charge in [-0.1, -0.05) is 26.0 Å². The van der Waals surface area contributed by atoms with E-state index in [2.05, 4.69) is 5.32 Å². The highest BCUT2D eigenvalue weighted by Gasteiger charge is 2.16. The fraction of sp³-hybridized carbons (Fsp3) is 0.429. The van der Waals surface area contributed by atoms with Crippen LogP contribution in [0, 0.1) is 11.7 Å². The van der Waals surface area contributed by atoms with Gasteiger partial charge in [0.05, 0.1) is 18.8 Å². The van der Waals surface area contributed by atoms with Crippen molar-refractivity contribution in [2.24, 2.45) is 5.92 Å². The SMILES string of the molecule is CC(C)CN(CC(=O)O)CC(=O)Nc1ccccc1F. The predicted molar refractivity (Wildman–Crippen MR) is 73.9 cm³/mol. The number of rotatable bonds is 7. The Balaban J connectivity index is 2.61. The summed E-state index contributed by atoms with van der Waals surface area (Å²) in [4.78, 5) is 24.1. The third-order valence-electron chi connectivity index (χ3n) is 2.50. The van der Waals surface area contributed by atoms with E-state index in [0.717, 1.165) is 0 Å². The molecule has 20 heavy (non-hydrogen) atoms. The first-order valence-electron chi connectivity index (χ1n) is 6.37. The van der Waals surface area contributed by atoms with Crippen LogP contribution in [0.3, 0.4) is 0 Å². The molecule has 2 N–H and O–H groups in total. The van der Waals surface area contributed by atoms with Crippen LogP contribution in [-0.2, 0) is 9.59 Å². The Morgan fingerprint density at radius 1 is 1.30 bits per heavy atom. The third kappa shape index (κ3) is 5.79. The zero-order chi connectivity index (χ0) is 15.1. The molecule has 5 nitrogen and oxygen atoms in total. The maximum atomic E-state index is 13.4. The average molecular weight is 282 g/mol. The van der Waals surface area contributed by atoms with Gasteiger partial charge in [0.25, 0.3) is 0 Å². The van der Waals surface area contributed by atoms with E-state index in [1.54, 1.807) is 6.07 Å². The van der Waals surface area contributed by atoms with Gasteiger partial charge in [0.1, 0.15) is 5.82 Å². The number of nitrogens with zero attached hydrogens (tertiary/aromatic N) is 1. The first kappa shape index (κ1) is 16.1. The summed E-state index contributed by atoms with van der Waals surface area (Å²) in [7, 11) is 0. The molecular weight excluding hydrogens is 263 g/mol. The van der Waals surface area contributed by atoms with Gasteiger partial charge in [0.15, 0.2) is 0 Å². The molecule has 0 aliphatic rings. The number of benzene rings is 1. The lowest BCUT2D eigenvalue weighted by atomic mass is 10.2. The van der Waals surface area contributed by atoms with Crippen molar-refractivity contribution in [3.8, 4) is 0 Å². The summed E-state index contributed by atoms with van der Waals surface area (Å²) in [6.07, 6.45) is 0. The number of halogens is 1. The van der Waals surface area contributed by atoms with Gasteiger partial charge < -0.3 is 10.4 Å². The fourth-order valence-electron chi connectivity index (χ4n) is 1.85. The van der Waals surface area contributed by atoms with Gasteiger partial charge in [-0.3, -0.25) is 14.5 Å². The number of aliphatic carboxylic acids is 1. The molecular formula is C14H19FN2O3. The summed E-state index contributed by atoms with van der Waals surface area (Å²) < 4.78 is 13.4. The van der Waals surface area contributed by atoms with Gasteiger partial charge in [0, 0.05) is 6.54 Å². The molecule has 1 amide bonds. The normalized spacial score (nSPS) is 10.8. The van der Waals surface area contributed by atoms with Gasteiger partial charge >= 0.3 is 5.97 Å². The quantitative estimate of drug-likeness (QED) is 0.800. The highest BCUT2D eigenvalue weighted by molar-refractivity contribution is 5.92. The van der Waals surface area contributed by atoms with Crippen LogP contribution in [0.25, 0.3) is 0 Å². The highest BCUT2D eigenvalue weighted by atomic mass is 19.1. The van der Waals surface area contributed by atoms with Crippen molar-refractivity contribution in [1.29, 1.82) is 0 Å². The molecule has 6 heteroatoms. The van der Waals surface area contributed by atoms with Crippen LogP contribution in [-0.4, -0.2) is 41.5 Å². The second kappa shape index (κ2) is 7.59. The van der Waals surface area contributed by atoms with E-state index in [4.69, 9.17) is 5.11 Å². The number of hydrogen-bond acceptors (Lipinski definition) is 3. The summed E-state index contributed by atoms with van der Waals surface area (Å²) in [5.41, 5.74) is 0.0947. The molecule has 0 unspecified atom stereocenters. The maximum absolute atomic E-state index is 13.4. The molecule has 0 saturated carbocycles. The zero-order valence-electron chi connectivity index (χ0n) is 11.6. The summed E-state index contributed by atoms with van der Waals surface area (Å²) in [6.45, 7) is 4.05. The highest BCUT2D eigenvalue weighted by Crippen LogP contribution is 2.12. The Hall–Kier alpha value is -1.95. The minimum atomic E-state index is -0.996. The molecule has 0 atom stereocenters. The molecule has 1 aromatic carbocycles. The van der Waals surface area contributed by atoms with Crippen molar-refractivity contribution < 1.29 is 19.1 Å². The molecule has 1 aromatic rings. The van der Waals surface area contributed by atoms with Crippen LogP contribution in [0.5, 0.6) is 0 Å². The van der Waals surface area contributed by atoms with E-state index in [-0.39, 0.29) is 24.7 Å². The predicted octanol–water partition coefficient (Wildman–Crippen LogP) is 1.81. The van der Waals surface area contributed by atoms with E-state index in [1.165, 1.54) is 23.1 Å². The largest absolute Gasteiger partial charge is 0.480 e. The summed E-state index contributed by atoms with van der Waals surface area (Å²) in [6, 6.07) is 5.85. The number of para-hydroxylation sites is 1. The number of carbonyl (C=O) groups is 2.